The predicted molar refractivity (Wildman–Crippen MR) is 99.4 cm³/mol. The quantitative estimate of drug-likeness (QED) is 0.765. The lowest BCUT2D eigenvalue weighted by molar-refractivity contribution is -0.907. The van der Waals surface area contributed by atoms with Gasteiger partial charge in [-0.3, -0.25) is 4.79 Å². The van der Waals surface area contributed by atoms with Crippen molar-refractivity contribution in [3.8, 4) is 17.2 Å². The van der Waals surface area contributed by atoms with E-state index in [0.29, 0.717) is 23.7 Å². The number of rotatable bonds is 6. The van der Waals surface area contributed by atoms with Gasteiger partial charge in [0.2, 0.25) is 0 Å². The minimum atomic E-state index is -4.74. The van der Waals surface area contributed by atoms with E-state index in [9.17, 15) is 18.0 Å². The number of nitrogens with one attached hydrogen (secondary N) is 2. The molecule has 1 heterocycles. The number of carbonyl (C=O) groups excluding carboxylic acids is 1. The maximum absolute atomic E-state index is 12.3. The van der Waals surface area contributed by atoms with Crippen LogP contribution in [0.25, 0.3) is 0 Å². The van der Waals surface area contributed by atoms with Crippen LogP contribution in [0.2, 0.25) is 0 Å². The Morgan fingerprint density at radius 2 is 1.69 bits per heavy atom. The van der Waals surface area contributed by atoms with Crippen molar-refractivity contribution in [2.45, 2.75) is 19.3 Å². The summed E-state index contributed by atoms with van der Waals surface area (Å²) in [6.07, 6.45) is -3.94. The van der Waals surface area contributed by atoms with Crippen LogP contribution < -0.4 is 24.4 Å². The number of hydrogen-bond acceptors (Lipinski definition) is 4. The van der Waals surface area contributed by atoms with Crippen molar-refractivity contribution >= 4 is 11.6 Å². The number of benzene rings is 2. The van der Waals surface area contributed by atoms with Gasteiger partial charge in [0.15, 0.2) is 18.0 Å². The summed E-state index contributed by atoms with van der Waals surface area (Å²) in [4.78, 5) is 13.4. The largest absolute Gasteiger partial charge is 0.573 e. The molecule has 0 spiro atoms. The zero-order valence-corrected chi connectivity index (χ0v) is 16.1. The molecule has 1 atom stereocenters. The molecule has 29 heavy (non-hydrogen) atoms. The maximum Gasteiger partial charge on any atom is 0.573 e. The predicted octanol–water partition coefficient (Wildman–Crippen LogP) is 2.18. The lowest BCUT2D eigenvalue weighted by Gasteiger charge is -2.26. The number of anilines is 1. The highest BCUT2D eigenvalue weighted by Gasteiger charge is 2.31. The molecular weight excluding hydrogens is 389 g/mol. The van der Waals surface area contributed by atoms with Gasteiger partial charge >= 0.3 is 6.36 Å². The number of methoxy groups -OCH3 is 2. The zero-order valence-electron chi connectivity index (χ0n) is 16.1. The van der Waals surface area contributed by atoms with Gasteiger partial charge in [0, 0.05) is 17.7 Å². The Bertz CT molecular complexity index is 869. The Morgan fingerprint density at radius 1 is 1.07 bits per heavy atom. The van der Waals surface area contributed by atoms with Crippen molar-refractivity contribution in [1.29, 1.82) is 0 Å². The van der Waals surface area contributed by atoms with E-state index in [1.165, 1.54) is 17.7 Å². The molecule has 0 saturated carbocycles. The number of alkyl halides is 3. The van der Waals surface area contributed by atoms with Crippen LogP contribution in [0.15, 0.2) is 36.4 Å². The Kier molecular flexibility index (Phi) is 6.17. The topological polar surface area (TPSA) is 61.2 Å². The number of carbonyl (C=O) groups is 1. The minimum Gasteiger partial charge on any atom is -0.493 e. The first kappa shape index (κ1) is 20.8. The van der Waals surface area contributed by atoms with E-state index in [2.05, 4.69) is 10.1 Å². The average Bonchev–Trinajstić information content (AvgIpc) is 2.67. The van der Waals surface area contributed by atoms with E-state index in [0.717, 1.165) is 35.6 Å². The van der Waals surface area contributed by atoms with Crippen molar-refractivity contribution in [1.82, 2.24) is 0 Å². The molecule has 0 bridgehead atoms. The number of amides is 1. The Morgan fingerprint density at radius 3 is 2.28 bits per heavy atom. The van der Waals surface area contributed by atoms with E-state index in [1.54, 1.807) is 14.2 Å². The van der Waals surface area contributed by atoms with Gasteiger partial charge in [-0.1, -0.05) is 0 Å². The third-order valence-corrected chi connectivity index (χ3v) is 4.68. The van der Waals surface area contributed by atoms with Gasteiger partial charge in [-0.15, -0.1) is 13.2 Å². The van der Waals surface area contributed by atoms with Crippen LogP contribution in [0.1, 0.15) is 11.1 Å². The third kappa shape index (κ3) is 5.54. The number of fused-ring (bicyclic) bond motifs is 1. The summed E-state index contributed by atoms with van der Waals surface area (Å²) < 4.78 is 51.1. The molecule has 2 aromatic carbocycles. The Hall–Kier alpha value is -2.94. The van der Waals surface area contributed by atoms with Crippen molar-refractivity contribution in [3.05, 3.63) is 47.5 Å². The molecule has 6 nitrogen and oxygen atoms in total. The second-order valence-corrected chi connectivity index (χ2v) is 6.70. The van der Waals surface area contributed by atoms with Gasteiger partial charge in [-0.05, 0) is 42.0 Å². The van der Waals surface area contributed by atoms with Gasteiger partial charge in [0.05, 0.1) is 20.8 Å². The number of ether oxygens (including phenoxy) is 3. The molecule has 2 aromatic rings. The van der Waals surface area contributed by atoms with Crippen molar-refractivity contribution in [2.24, 2.45) is 0 Å². The standard InChI is InChI=1S/C20H21F3N2O4/c1-27-17-9-13-7-8-25(11-14(13)10-18(17)28-2)12-19(26)24-15-3-5-16(6-4-15)29-20(21,22)23/h3-6,9-10H,7-8,11-12H2,1-2H3,(H,24,26)/p+1. The van der Waals surface area contributed by atoms with E-state index in [-0.39, 0.29) is 18.2 Å². The Labute approximate surface area is 166 Å². The molecule has 1 aliphatic rings. The molecule has 0 radical (unpaired) electrons. The summed E-state index contributed by atoms with van der Waals surface area (Å²) in [6, 6.07) is 8.97. The number of halogens is 3. The SMILES string of the molecule is COc1cc2c(cc1OC)C[NH+](CC(=O)Nc1ccc(OC(F)(F)F)cc1)CC2. The van der Waals surface area contributed by atoms with E-state index in [1.807, 2.05) is 12.1 Å². The second-order valence-electron chi connectivity index (χ2n) is 6.70. The highest BCUT2D eigenvalue weighted by molar-refractivity contribution is 5.91. The summed E-state index contributed by atoms with van der Waals surface area (Å²) in [5.74, 6) is 0.787. The van der Waals surface area contributed by atoms with Crippen molar-refractivity contribution < 1.29 is 37.1 Å². The normalized spacial score (nSPS) is 16.0. The van der Waals surface area contributed by atoms with Gasteiger partial charge < -0.3 is 24.4 Å². The minimum absolute atomic E-state index is 0.214. The molecule has 3 rings (SSSR count). The monoisotopic (exact) mass is 411 g/mol. The molecule has 0 saturated heterocycles. The van der Waals surface area contributed by atoms with Crippen LogP contribution >= 0.6 is 0 Å². The summed E-state index contributed by atoms with van der Waals surface area (Å²) >= 11 is 0. The van der Waals surface area contributed by atoms with Gasteiger partial charge in [0.1, 0.15) is 12.3 Å². The molecule has 1 amide bonds. The molecule has 156 valence electrons. The van der Waals surface area contributed by atoms with Gasteiger partial charge in [-0.2, -0.15) is 0 Å². The van der Waals surface area contributed by atoms with E-state index in [4.69, 9.17) is 9.47 Å². The van der Waals surface area contributed by atoms with Crippen LogP contribution in [-0.4, -0.2) is 39.6 Å². The molecular formula is C20H22F3N2O4+. The van der Waals surface area contributed by atoms with E-state index < -0.39 is 6.36 Å². The first-order valence-corrected chi connectivity index (χ1v) is 9.00. The molecule has 0 aromatic heterocycles. The van der Waals surface area contributed by atoms with Crippen molar-refractivity contribution in [2.75, 3.05) is 32.6 Å². The molecule has 1 aliphatic heterocycles. The van der Waals surface area contributed by atoms with Crippen molar-refractivity contribution in [3.63, 3.8) is 0 Å². The van der Waals surface area contributed by atoms with Crippen LogP contribution in [0.3, 0.4) is 0 Å². The van der Waals surface area contributed by atoms with Crippen LogP contribution in [0.5, 0.6) is 17.2 Å². The Balaban J connectivity index is 1.58. The summed E-state index contributed by atoms with van der Waals surface area (Å²) in [7, 11) is 3.17. The number of hydrogen-bond donors (Lipinski definition) is 2. The lowest BCUT2D eigenvalue weighted by atomic mass is 9.99. The lowest BCUT2D eigenvalue weighted by Crippen LogP contribution is -3.12. The molecule has 9 heteroatoms. The number of quaternary nitrogens is 1. The summed E-state index contributed by atoms with van der Waals surface area (Å²) in [5, 5.41) is 2.70. The molecule has 0 aliphatic carbocycles. The van der Waals surface area contributed by atoms with Gasteiger partial charge in [0.25, 0.3) is 5.91 Å². The third-order valence-electron chi connectivity index (χ3n) is 4.68. The summed E-state index contributed by atoms with van der Waals surface area (Å²) in [5.41, 5.74) is 2.69. The highest BCUT2D eigenvalue weighted by atomic mass is 19.4. The van der Waals surface area contributed by atoms with Crippen LogP contribution in [0, 0.1) is 0 Å². The maximum atomic E-state index is 12.3. The average molecular weight is 411 g/mol. The smallest absolute Gasteiger partial charge is 0.493 e. The first-order chi connectivity index (χ1) is 13.8. The first-order valence-electron chi connectivity index (χ1n) is 9.00. The van der Waals surface area contributed by atoms with Gasteiger partial charge in [-0.25, -0.2) is 0 Å². The molecule has 2 N–H and O–H groups in total. The van der Waals surface area contributed by atoms with Crippen LogP contribution in [0.4, 0.5) is 18.9 Å². The zero-order chi connectivity index (χ0) is 21.0. The fraction of sp³-hybridized carbons (Fsp3) is 0.350. The summed E-state index contributed by atoms with van der Waals surface area (Å²) in [6.45, 7) is 1.70. The fourth-order valence-corrected chi connectivity index (χ4v) is 3.35. The second kappa shape index (κ2) is 8.60. The highest BCUT2D eigenvalue weighted by Crippen LogP contribution is 2.31. The molecule has 1 unspecified atom stereocenters. The molecule has 0 fully saturated rings. The van der Waals surface area contributed by atoms with E-state index >= 15 is 0 Å². The van der Waals surface area contributed by atoms with Crippen LogP contribution in [-0.2, 0) is 17.8 Å². The fourth-order valence-electron chi connectivity index (χ4n) is 3.35.